The first-order chi connectivity index (χ1) is 9.28. The second-order valence-electron chi connectivity index (χ2n) is 3.87. The average molecular weight is 303 g/mol. The molecule has 0 radical (unpaired) electrons. The van der Waals surface area contributed by atoms with Crippen molar-refractivity contribution in [1.82, 2.24) is 20.5 Å². The molecule has 1 unspecified atom stereocenters. The topological polar surface area (TPSA) is 151 Å². The minimum atomic E-state index is -3.32. The molecule has 3 N–H and O–H groups in total. The van der Waals surface area contributed by atoms with Gasteiger partial charge in [0.2, 0.25) is 0 Å². The normalized spacial score (nSPS) is 12.4. The van der Waals surface area contributed by atoms with Crippen LogP contribution < -0.4 is 10.6 Å². The molecular formula is C9H13N5O5S. The van der Waals surface area contributed by atoms with Gasteiger partial charge in [0.25, 0.3) is 5.95 Å². The van der Waals surface area contributed by atoms with Gasteiger partial charge >= 0.3 is 12.0 Å². The first-order valence-corrected chi connectivity index (χ1v) is 7.46. The van der Waals surface area contributed by atoms with Gasteiger partial charge in [-0.25, -0.2) is 23.0 Å². The summed E-state index contributed by atoms with van der Waals surface area (Å²) in [6.07, 6.45) is 3.33. The number of carboxylic acid groups (broad SMARTS) is 1. The second kappa shape index (κ2) is 6.75. The predicted octanol–water partition coefficient (Wildman–Crippen LogP) is -1.12. The fraction of sp³-hybridized carbons (Fsp3) is 0.444. The molecule has 1 atom stereocenters. The van der Waals surface area contributed by atoms with E-state index in [4.69, 9.17) is 5.11 Å². The zero-order chi connectivity index (χ0) is 15.2. The zero-order valence-corrected chi connectivity index (χ0v) is 11.3. The van der Waals surface area contributed by atoms with Crippen molar-refractivity contribution < 1.29 is 23.1 Å². The standard InChI is InChI=1S/C9H13N5O5S/c1-20(18,19)5-2-6(7(15)16)12-9(17)13-8-10-3-4-11-14-8/h3-4,6H,2,5H2,1H3,(H,15,16)(H2,10,12,13,14,17). The van der Waals surface area contributed by atoms with Crippen LogP contribution in [0.15, 0.2) is 12.4 Å². The maximum atomic E-state index is 11.5. The Morgan fingerprint density at radius 3 is 2.60 bits per heavy atom. The molecule has 1 aromatic heterocycles. The number of hydrogen-bond donors (Lipinski definition) is 3. The van der Waals surface area contributed by atoms with Crippen molar-refractivity contribution in [2.45, 2.75) is 12.5 Å². The summed E-state index contributed by atoms with van der Waals surface area (Å²) in [5.41, 5.74) is 0. The Kier molecular flexibility index (Phi) is 5.32. The van der Waals surface area contributed by atoms with E-state index in [9.17, 15) is 18.0 Å². The number of urea groups is 1. The van der Waals surface area contributed by atoms with E-state index in [1.807, 2.05) is 0 Å². The van der Waals surface area contributed by atoms with Crippen LogP contribution in [-0.4, -0.2) is 58.8 Å². The van der Waals surface area contributed by atoms with Gasteiger partial charge in [0, 0.05) is 6.26 Å². The van der Waals surface area contributed by atoms with Gasteiger partial charge in [0.05, 0.1) is 18.1 Å². The van der Waals surface area contributed by atoms with Crippen molar-refractivity contribution in [3.05, 3.63) is 12.4 Å². The number of aliphatic carboxylic acids is 1. The van der Waals surface area contributed by atoms with E-state index in [1.54, 1.807) is 0 Å². The molecule has 0 bridgehead atoms. The summed E-state index contributed by atoms with van der Waals surface area (Å²) >= 11 is 0. The van der Waals surface area contributed by atoms with E-state index in [0.717, 1.165) is 6.26 Å². The van der Waals surface area contributed by atoms with Crippen molar-refractivity contribution in [2.24, 2.45) is 0 Å². The third-order valence-electron chi connectivity index (χ3n) is 2.09. The van der Waals surface area contributed by atoms with Crippen LogP contribution in [0.25, 0.3) is 0 Å². The molecule has 0 saturated carbocycles. The number of nitrogens with one attached hydrogen (secondary N) is 2. The first-order valence-electron chi connectivity index (χ1n) is 5.39. The molecule has 0 aliphatic rings. The number of carboxylic acids is 1. The molecule has 11 heteroatoms. The van der Waals surface area contributed by atoms with Crippen molar-refractivity contribution in [3.63, 3.8) is 0 Å². The fourth-order valence-electron chi connectivity index (χ4n) is 1.19. The van der Waals surface area contributed by atoms with Gasteiger partial charge in [-0.15, -0.1) is 5.10 Å². The van der Waals surface area contributed by atoms with Crippen molar-refractivity contribution in [1.29, 1.82) is 0 Å². The molecule has 0 aromatic carbocycles. The molecule has 1 rings (SSSR count). The molecule has 0 spiro atoms. The van der Waals surface area contributed by atoms with E-state index in [-0.39, 0.29) is 18.1 Å². The molecular weight excluding hydrogens is 290 g/mol. The molecule has 20 heavy (non-hydrogen) atoms. The number of carbonyl (C=O) groups excluding carboxylic acids is 1. The lowest BCUT2D eigenvalue weighted by atomic mass is 10.2. The maximum Gasteiger partial charge on any atom is 0.326 e. The van der Waals surface area contributed by atoms with E-state index in [2.05, 4.69) is 25.8 Å². The monoisotopic (exact) mass is 303 g/mol. The van der Waals surface area contributed by atoms with Crippen LogP contribution in [0.5, 0.6) is 0 Å². The summed E-state index contributed by atoms with van der Waals surface area (Å²) in [6, 6.07) is -2.19. The van der Waals surface area contributed by atoms with Crippen LogP contribution >= 0.6 is 0 Å². The Bertz CT molecular complexity index is 576. The van der Waals surface area contributed by atoms with E-state index in [0.29, 0.717) is 0 Å². The summed E-state index contributed by atoms with van der Waals surface area (Å²) in [4.78, 5) is 26.1. The van der Waals surface area contributed by atoms with Crippen LogP contribution in [0.1, 0.15) is 6.42 Å². The van der Waals surface area contributed by atoms with Gasteiger partial charge in [0.15, 0.2) is 0 Å². The van der Waals surface area contributed by atoms with Gasteiger partial charge in [-0.1, -0.05) is 0 Å². The van der Waals surface area contributed by atoms with Gasteiger partial charge in [0.1, 0.15) is 15.9 Å². The Balaban J connectivity index is 2.57. The lowest BCUT2D eigenvalue weighted by molar-refractivity contribution is -0.139. The van der Waals surface area contributed by atoms with E-state index >= 15 is 0 Å². The lowest BCUT2D eigenvalue weighted by Gasteiger charge is -2.13. The van der Waals surface area contributed by atoms with Gasteiger partial charge in [-0.3, -0.25) is 5.32 Å². The summed E-state index contributed by atoms with van der Waals surface area (Å²) in [6.45, 7) is 0. The highest BCUT2D eigenvalue weighted by Gasteiger charge is 2.21. The minimum absolute atomic E-state index is 0.0998. The molecule has 0 aliphatic heterocycles. The summed E-state index contributed by atoms with van der Waals surface area (Å²) in [5.74, 6) is -1.79. The second-order valence-corrected chi connectivity index (χ2v) is 6.13. The zero-order valence-electron chi connectivity index (χ0n) is 10.5. The largest absolute Gasteiger partial charge is 0.480 e. The highest BCUT2D eigenvalue weighted by molar-refractivity contribution is 7.90. The molecule has 0 fully saturated rings. The molecule has 1 aromatic rings. The number of aromatic nitrogens is 3. The average Bonchev–Trinajstić information content (AvgIpc) is 2.34. The molecule has 110 valence electrons. The van der Waals surface area contributed by atoms with Crippen molar-refractivity contribution in [2.75, 3.05) is 17.3 Å². The Hall–Kier alpha value is -2.30. The third kappa shape index (κ3) is 6.04. The number of hydrogen-bond acceptors (Lipinski definition) is 7. The Morgan fingerprint density at radius 2 is 2.10 bits per heavy atom. The highest BCUT2D eigenvalue weighted by atomic mass is 32.2. The molecule has 0 aliphatic carbocycles. The third-order valence-corrected chi connectivity index (χ3v) is 3.07. The summed E-state index contributed by atoms with van der Waals surface area (Å²) in [7, 11) is -3.32. The minimum Gasteiger partial charge on any atom is -0.480 e. The van der Waals surface area contributed by atoms with Crippen LogP contribution in [0.4, 0.5) is 10.7 Å². The molecule has 2 amide bonds. The van der Waals surface area contributed by atoms with Gasteiger partial charge in [-0.2, -0.15) is 5.10 Å². The smallest absolute Gasteiger partial charge is 0.326 e. The summed E-state index contributed by atoms with van der Waals surface area (Å²) in [5, 5.41) is 20.1. The number of anilines is 1. The number of nitrogens with zero attached hydrogens (tertiary/aromatic N) is 3. The number of sulfone groups is 1. The van der Waals surface area contributed by atoms with Gasteiger partial charge < -0.3 is 10.4 Å². The highest BCUT2D eigenvalue weighted by Crippen LogP contribution is 1.98. The van der Waals surface area contributed by atoms with Crippen LogP contribution in [0, 0.1) is 0 Å². The van der Waals surface area contributed by atoms with E-state index in [1.165, 1.54) is 12.4 Å². The number of amides is 2. The molecule has 0 saturated heterocycles. The SMILES string of the molecule is CS(=O)(=O)CCC(NC(=O)Nc1nccnn1)C(=O)O. The number of rotatable bonds is 6. The van der Waals surface area contributed by atoms with Crippen LogP contribution in [-0.2, 0) is 14.6 Å². The molecule has 10 nitrogen and oxygen atoms in total. The van der Waals surface area contributed by atoms with Crippen LogP contribution in [0.3, 0.4) is 0 Å². The maximum absolute atomic E-state index is 11.5. The van der Waals surface area contributed by atoms with Crippen LogP contribution in [0.2, 0.25) is 0 Å². The van der Waals surface area contributed by atoms with Gasteiger partial charge in [-0.05, 0) is 6.42 Å². The fourth-order valence-corrected chi connectivity index (χ4v) is 1.85. The summed E-state index contributed by atoms with van der Waals surface area (Å²) < 4.78 is 22.0. The first kappa shape index (κ1) is 15.8. The molecule has 1 heterocycles. The quantitative estimate of drug-likeness (QED) is 0.597. The van der Waals surface area contributed by atoms with Crippen molar-refractivity contribution in [3.8, 4) is 0 Å². The Morgan fingerprint density at radius 1 is 1.40 bits per heavy atom. The lowest BCUT2D eigenvalue weighted by Crippen LogP contribution is -2.44. The van der Waals surface area contributed by atoms with Crippen molar-refractivity contribution >= 4 is 27.8 Å². The predicted molar refractivity (Wildman–Crippen MR) is 67.7 cm³/mol. The van der Waals surface area contributed by atoms with E-state index < -0.39 is 27.9 Å². The number of carbonyl (C=O) groups is 2. The Labute approximate surface area is 114 Å².